The Labute approximate surface area is 207 Å². The molecule has 4 N–H and O–H groups in total. The first-order chi connectivity index (χ1) is 13.6. The van der Waals surface area contributed by atoms with Crippen LogP contribution in [0.15, 0.2) is 0 Å². The van der Waals surface area contributed by atoms with Crippen LogP contribution in [0.5, 0.6) is 0 Å². The van der Waals surface area contributed by atoms with Crippen LogP contribution in [0.1, 0.15) is 25.7 Å². The molecule has 0 aliphatic carbocycles. The van der Waals surface area contributed by atoms with Crippen molar-refractivity contribution in [1.82, 2.24) is 0 Å². The molecule has 16 heteroatoms. The molecule has 1 aliphatic rings. The largest absolute Gasteiger partial charge is 0.481 e. The summed E-state index contributed by atoms with van der Waals surface area (Å²) in [4.78, 5) is 38.2. The zero-order valence-corrected chi connectivity index (χ0v) is 22.1. The van der Waals surface area contributed by atoms with E-state index in [4.69, 9.17) is 20.4 Å². The SMILES string of the molecule is C1SSSS1.O=C(O)CCS.O=C(O)CCS.O=C(O)CCS.O=C(O)CCS. The molecule has 1 fully saturated rings. The van der Waals surface area contributed by atoms with E-state index in [1.54, 1.807) is 0 Å². The number of aliphatic carboxylic acids is 4. The molecule has 1 rings (SSSR count). The maximum atomic E-state index is 9.55. The van der Waals surface area contributed by atoms with E-state index in [1.165, 1.54) is 5.08 Å². The van der Waals surface area contributed by atoms with E-state index < -0.39 is 23.9 Å². The summed E-state index contributed by atoms with van der Waals surface area (Å²) in [6.45, 7) is 0. The second-order valence-electron chi connectivity index (χ2n) is 3.96. The van der Waals surface area contributed by atoms with Crippen molar-refractivity contribution in [2.75, 3.05) is 28.1 Å². The van der Waals surface area contributed by atoms with E-state index in [0.717, 1.165) is 0 Å². The average molecular weight is 567 g/mol. The molecule has 0 aromatic carbocycles. The third kappa shape index (κ3) is 65.3. The highest BCUT2D eigenvalue weighted by atomic mass is 33.7. The summed E-state index contributed by atoms with van der Waals surface area (Å²) in [5.41, 5.74) is 0. The Balaban J connectivity index is -0.000000135. The highest BCUT2D eigenvalue weighted by Crippen LogP contribution is 2.53. The van der Waals surface area contributed by atoms with E-state index in [9.17, 15) is 19.2 Å². The monoisotopic (exact) mass is 566 g/mol. The zero-order valence-electron chi connectivity index (χ0n) is 15.2. The molecule has 1 heterocycles. The lowest BCUT2D eigenvalue weighted by atomic mass is 10.5. The molecular formula is C13H26O8S8. The van der Waals surface area contributed by atoms with Gasteiger partial charge in [0.25, 0.3) is 0 Å². The van der Waals surface area contributed by atoms with E-state index in [2.05, 4.69) is 50.5 Å². The maximum Gasteiger partial charge on any atom is 0.304 e. The Hall–Kier alpha value is 0.680. The van der Waals surface area contributed by atoms with Crippen LogP contribution in [0.4, 0.5) is 0 Å². The lowest BCUT2D eigenvalue weighted by molar-refractivity contribution is -0.137. The van der Waals surface area contributed by atoms with Gasteiger partial charge in [-0.2, -0.15) is 50.5 Å². The number of thiol groups is 4. The molecule has 0 spiro atoms. The molecule has 29 heavy (non-hydrogen) atoms. The van der Waals surface area contributed by atoms with Gasteiger partial charge in [0, 0.05) is 23.0 Å². The third-order valence-electron chi connectivity index (χ3n) is 1.52. The molecule has 0 bridgehead atoms. The van der Waals surface area contributed by atoms with Gasteiger partial charge in [0.15, 0.2) is 0 Å². The fourth-order valence-corrected chi connectivity index (χ4v) is 9.10. The number of carboxylic acids is 4. The molecular weight excluding hydrogens is 541 g/mol. The normalized spacial score (nSPS) is 10.9. The fraction of sp³-hybridized carbons (Fsp3) is 0.692. The zero-order chi connectivity index (χ0) is 23.5. The summed E-state index contributed by atoms with van der Waals surface area (Å²) in [6, 6.07) is 0. The summed E-state index contributed by atoms with van der Waals surface area (Å²) >= 11 is 14.7. The number of carbonyl (C=O) groups is 4. The first kappa shape index (κ1) is 37.0. The lowest BCUT2D eigenvalue weighted by Gasteiger charge is -1.79. The van der Waals surface area contributed by atoms with Gasteiger partial charge in [-0.15, -0.1) is 0 Å². The van der Waals surface area contributed by atoms with Crippen molar-refractivity contribution >= 4 is 116 Å². The Morgan fingerprint density at radius 1 is 0.552 bits per heavy atom. The Morgan fingerprint density at radius 2 is 0.759 bits per heavy atom. The molecule has 0 aromatic rings. The molecule has 8 nitrogen and oxygen atoms in total. The van der Waals surface area contributed by atoms with Crippen molar-refractivity contribution in [2.24, 2.45) is 0 Å². The first-order valence-corrected chi connectivity index (χ1v) is 15.2. The second kappa shape index (κ2) is 33.3. The van der Waals surface area contributed by atoms with Gasteiger partial charge in [0.05, 0.1) is 30.8 Å². The van der Waals surface area contributed by atoms with Crippen LogP contribution in [0.25, 0.3) is 0 Å². The lowest BCUT2D eigenvalue weighted by Crippen LogP contribution is -1.93. The number of rotatable bonds is 8. The van der Waals surface area contributed by atoms with Gasteiger partial charge in [0.1, 0.15) is 0 Å². The van der Waals surface area contributed by atoms with Crippen molar-refractivity contribution in [3.63, 3.8) is 0 Å². The molecule has 1 aliphatic heterocycles. The molecule has 0 unspecified atom stereocenters. The second-order valence-corrected chi connectivity index (χ2v) is 12.1. The highest BCUT2D eigenvalue weighted by Gasteiger charge is 1.98. The van der Waals surface area contributed by atoms with Gasteiger partial charge < -0.3 is 20.4 Å². The Kier molecular flexibility index (Phi) is 42.5. The van der Waals surface area contributed by atoms with Gasteiger partial charge >= 0.3 is 23.9 Å². The molecule has 0 amide bonds. The Bertz CT molecular complexity index is 339. The van der Waals surface area contributed by atoms with E-state index in [-0.39, 0.29) is 25.7 Å². The number of hydrogen-bond acceptors (Lipinski definition) is 12. The maximum absolute atomic E-state index is 9.55. The topological polar surface area (TPSA) is 149 Å². The van der Waals surface area contributed by atoms with E-state index >= 15 is 0 Å². The predicted molar refractivity (Wildman–Crippen MR) is 140 cm³/mol. The minimum Gasteiger partial charge on any atom is -0.481 e. The average Bonchev–Trinajstić information content (AvgIpc) is 3.15. The number of carboxylic acid groups (broad SMARTS) is 4. The third-order valence-corrected chi connectivity index (χ3v) is 9.64. The van der Waals surface area contributed by atoms with Gasteiger partial charge in [-0.3, -0.25) is 19.2 Å². The quantitative estimate of drug-likeness (QED) is 0.157. The first-order valence-electron chi connectivity index (χ1n) is 7.47. The van der Waals surface area contributed by atoms with Gasteiger partial charge in [-0.25, -0.2) is 0 Å². The molecule has 174 valence electrons. The summed E-state index contributed by atoms with van der Waals surface area (Å²) in [6.07, 6.45) is 0.623. The Morgan fingerprint density at radius 3 is 0.793 bits per heavy atom. The number of hydrogen-bond donors (Lipinski definition) is 8. The van der Waals surface area contributed by atoms with Gasteiger partial charge in [0.2, 0.25) is 0 Å². The highest BCUT2D eigenvalue weighted by molar-refractivity contribution is 9.30. The van der Waals surface area contributed by atoms with Crippen molar-refractivity contribution in [2.45, 2.75) is 25.7 Å². The van der Waals surface area contributed by atoms with Crippen molar-refractivity contribution < 1.29 is 39.6 Å². The van der Waals surface area contributed by atoms with Gasteiger partial charge in [-0.1, -0.05) is 21.6 Å². The summed E-state index contributed by atoms with van der Waals surface area (Å²) in [7, 11) is 7.57. The van der Waals surface area contributed by atoms with Crippen LogP contribution in [-0.2, 0) is 19.2 Å². The smallest absolute Gasteiger partial charge is 0.304 e. The summed E-state index contributed by atoms with van der Waals surface area (Å²) in [5, 5.41) is 32.7. The minimum atomic E-state index is -0.787. The predicted octanol–water partition coefficient (Wildman–Crippen LogP) is 4.20. The van der Waals surface area contributed by atoms with Crippen LogP contribution >= 0.6 is 91.8 Å². The molecule has 0 atom stereocenters. The van der Waals surface area contributed by atoms with Crippen LogP contribution < -0.4 is 0 Å². The van der Waals surface area contributed by atoms with Crippen molar-refractivity contribution in [1.29, 1.82) is 0 Å². The summed E-state index contributed by atoms with van der Waals surface area (Å²) in [5.74, 6) is -1.44. The van der Waals surface area contributed by atoms with Crippen LogP contribution in [-0.4, -0.2) is 72.4 Å². The van der Waals surface area contributed by atoms with E-state index in [0.29, 0.717) is 23.0 Å². The fourth-order valence-electron chi connectivity index (χ4n) is 0.481. The van der Waals surface area contributed by atoms with Crippen LogP contribution in [0, 0.1) is 0 Å². The van der Waals surface area contributed by atoms with E-state index in [1.807, 2.05) is 41.2 Å². The van der Waals surface area contributed by atoms with Gasteiger partial charge in [-0.05, 0) is 19.7 Å². The van der Waals surface area contributed by atoms with Crippen molar-refractivity contribution in [3.05, 3.63) is 0 Å². The minimum absolute atomic E-state index is 0.156. The molecule has 0 saturated carbocycles. The molecule has 0 radical (unpaired) electrons. The molecule has 1 saturated heterocycles. The standard InChI is InChI=1S/4C3H6O2S.CH2S4/c4*4-3(5)1-2-6;1-2-4-5-3-1/h4*6H,1-2H2,(H,4,5);1H2. The van der Waals surface area contributed by atoms with Crippen LogP contribution in [0.2, 0.25) is 0 Å². The van der Waals surface area contributed by atoms with Crippen LogP contribution in [0.3, 0.4) is 0 Å². The van der Waals surface area contributed by atoms with Crippen molar-refractivity contribution in [3.8, 4) is 0 Å². The molecule has 0 aromatic heterocycles. The summed E-state index contributed by atoms with van der Waals surface area (Å²) < 4.78 is 0.